The van der Waals surface area contributed by atoms with E-state index in [1.54, 1.807) is 7.11 Å². The lowest BCUT2D eigenvalue weighted by molar-refractivity contribution is -0.176. The quantitative estimate of drug-likeness (QED) is 0.765. The molecular formula is C19H29N3O2. The second kappa shape index (κ2) is 7.53. The molecule has 0 N–H and O–H groups in total. The maximum absolute atomic E-state index is 5.99. The van der Waals surface area contributed by atoms with Crippen molar-refractivity contribution in [2.75, 3.05) is 20.3 Å². The summed E-state index contributed by atoms with van der Waals surface area (Å²) in [5.41, 5.74) is 0.679. The summed E-state index contributed by atoms with van der Waals surface area (Å²) in [6.45, 7) is 6.13. The molecular weight excluding hydrogens is 302 g/mol. The van der Waals surface area contributed by atoms with Gasteiger partial charge in [-0.2, -0.15) is 0 Å². The highest BCUT2D eigenvalue weighted by Gasteiger charge is 2.48. The van der Waals surface area contributed by atoms with Crippen molar-refractivity contribution in [3.63, 3.8) is 0 Å². The molecule has 0 amide bonds. The van der Waals surface area contributed by atoms with Gasteiger partial charge in [0.15, 0.2) is 5.84 Å². The molecule has 0 unspecified atom stereocenters. The third-order valence-electron chi connectivity index (χ3n) is 4.97. The Bertz CT molecular complexity index is 563. The third kappa shape index (κ3) is 3.28. The van der Waals surface area contributed by atoms with Crippen molar-refractivity contribution >= 4 is 5.84 Å². The number of hydrogen-bond donors (Lipinski definition) is 0. The minimum Gasteiger partial charge on any atom is -0.383 e. The number of amidine groups is 1. The lowest BCUT2D eigenvalue weighted by Crippen LogP contribution is -2.58. The first-order chi connectivity index (χ1) is 11.7. The number of rotatable bonds is 7. The summed E-state index contributed by atoms with van der Waals surface area (Å²) >= 11 is 0. The van der Waals surface area contributed by atoms with Gasteiger partial charge < -0.3 is 9.57 Å². The van der Waals surface area contributed by atoms with Crippen LogP contribution >= 0.6 is 0 Å². The lowest BCUT2D eigenvalue weighted by Gasteiger charge is -2.42. The SMILES string of the molecule is CCCC[C@@]1(C)ON=C(c2ccccc2)N1N1CCC[C@H]1COC. The summed E-state index contributed by atoms with van der Waals surface area (Å²) in [4.78, 5) is 5.99. The highest BCUT2D eigenvalue weighted by molar-refractivity contribution is 5.99. The van der Waals surface area contributed by atoms with Gasteiger partial charge in [0.2, 0.25) is 5.72 Å². The van der Waals surface area contributed by atoms with Gasteiger partial charge in [-0.3, -0.25) is 0 Å². The Kier molecular flexibility index (Phi) is 5.41. The monoisotopic (exact) mass is 331 g/mol. The maximum atomic E-state index is 5.99. The smallest absolute Gasteiger partial charge is 0.222 e. The zero-order chi connectivity index (χ0) is 17.0. The maximum Gasteiger partial charge on any atom is 0.222 e. The van der Waals surface area contributed by atoms with Crippen LogP contribution in [0, 0.1) is 0 Å². The molecule has 2 heterocycles. The molecule has 1 aromatic rings. The largest absolute Gasteiger partial charge is 0.383 e. The fraction of sp³-hybridized carbons (Fsp3) is 0.632. The van der Waals surface area contributed by atoms with Gasteiger partial charge in [0, 0.05) is 25.6 Å². The number of ether oxygens (including phenoxy) is 1. The van der Waals surface area contributed by atoms with Crippen LogP contribution in [-0.2, 0) is 9.57 Å². The number of hydrazine groups is 1. The average molecular weight is 331 g/mol. The average Bonchev–Trinajstić information content (AvgIpc) is 3.18. The van der Waals surface area contributed by atoms with E-state index in [-0.39, 0.29) is 0 Å². The summed E-state index contributed by atoms with van der Waals surface area (Å²) in [6.07, 6.45) is 5.55. The first kappa shape index (κ1) is 17.2. The summed E-state index contributed by atoms with van der Waals surface area (Å²) in [7, 11) is 1.78. The molecule has 24 heavy (non-hydrogen) atoms. The molecule has 0 aromatic heterocycles. The van der Waals surface area contributed by atoms with Gasteiger partial charge in [-0.25, -0.2) is 10.0 Å². The van der Waals surface area contributed by atoms with Crippen LogP contribution in [0.5, 0.6) is 0 Å². The van der Waals surface area contributed by atoms with E-state index in [1.807, 2.05) is 18.2 Å². The van der Waals surface area contributed by atoms with Gasteiger partial charge in [-0.1, -0.05) is 48.8 Å². The van der Waals surface area contributed by atoms with E-state index in [0.717, 1.165) is 50.2 Å². The Labute approximate surface area is 145 Å². The predicted molar refractivity (Wildman–Crippen MR) is 95.4 cm³/mol. The molecule has 1 aromatic carbocycles. The van der Waals surface area contributed by atoms with E-state index < -0.39 is 5.72 Å². The number of hydrogen-bond acceptors (Lipinski definition) is 5. The second-order valence-corrected chi connectivity index (χ2v) is 6.88. The van der Waals surface area contributed by atoms with Crippen LogP contribution in [0.3, 0.4) is 0 Å². The van der Waals surface area contributed by atoms with Crippen LogP contribution in [-0.4, -0.2) is 47.9 Å². The topological polar surface area (TPSA) is 37.3 Å². The molecule has 3 rings (SSSR count). The lowest BCUT2D eigenvalue weighted by atomic mass is 10.1. The molecule has 132 valence electrons. The molecule has 2 atom stereocenters. The number of unbranched alkanes of at least 4 members (excludes halogenated alkanes) is 1. The zero-order valence-corrected chi connectivity index (χ0v) is 15.1. The molecule has 1 saturated heterocycles. The summed E-state index contributed by atoms with van der Waals surface area (Å²) in [5.74, 6) is 0.914. The van der Waals surface area contributed by atoms with Crippen LogP contribution in [0.25, 0.3) is 0 Å². The number of methoxy groups -OCH3 is 1. The van der Waals surface area contributed by atoms with Gasteiger partial charge in [0.05, 0.1) is 12.6 Å². The van der Waals surface area contributed by atoms with Crippen molar-refractivity contribution in [3.05, 3.63) is 35.9 Å². The van der Waals surface area contributed by atoms with E-state index in [2.05, 4.69) is 41.2 Å². The number of nitrogens with zero attached hydrogens (tertiary/aromatic N) is 3. The van der Waals surface area contributed by atoms with E-state index in [1.165, 1.54) is 6.42 Å². The molecule has 0 spiro atoms. The Morgan fingerprint density at radius 3 is 2.83 bits per heavy atom. The molecule has 0 aliphatic carbocycles. The van der Waals surface area contributed by atoms with Gasteiger partial charge in [-0.15, -0.1) is 0 Å². The molecule has 0 saturated carbocycles. The molecule has 5 nitrogen and oxygen atoms in total. The fourth-order valence-corrected chi connectivity index (χ4v) is 3.70. The highest BCUT2D eigenvalue weighted by atomic mass is 16.7. The Hall–Kier alpha value is -1.59. The molecule has 2 aliphatic rings. The van der Waals surface area contributed by atoms with E-state index in [9.17, 15) is 0 Å². The van der Waals surface area contributed by atoms with Crippen LogP contribution in [0.1, 0.15) is 51.5 Å². The van der Waals surface area contributed by atoms with E-state index >= 15 is 0 Å². The van der Waals surface area contributed by atoms with Crippen LogP contribution in [0.4, 0.5) is 0 Å². The number of oxime groups is 1. The van der Waals surface area contributed by atoms with E-state index in [0.29, 0.717) is 6.04 Å². The standard InChI is InChI=1S/C19H29N3O2/c1-4-5-13-19(2)22(21-14-9-12-17(21)15-23-3)18(20-24-19)16-10-7-6-8-11-16/h6-8,10-11,17H,4-5,9,12-15H2,1-3H3/t17-,19+/m0/s1. The van der Waals surface area contributed by atoms with Crippen LogP contribution < -0.4 is 0 Å². The second-order valence-electron chi connectivity index (χ2n) is 6.88. The first-order valence-electron chi connectivity index (χ1n) is 9.07. The third-order valence-corrected chi connectivity index (χ3v) is 4.97. The molecule has 5 heteroatoms. The van der Waals surface area contributed by atoms with Crippen molar-refractivity contribution in [3.8, 4) is 0 Å². The van der Waals surface area contributed by atoms with Gasteiger partial charge in [0.1, 0.15) is 0 Å². The van der Waals surface area contributed by atoms with Crippen molar-refractivity contribution in [2.24, 2.45) is 5.16 Å². The first-order valence-corrected chi connectivity index (χ1v) is 9.07. The van der Waals surface area contributed by atoms with E-state index in [4.69, 9.17) is 9.57 Å². The van der Waals surface area contributed by atoms with Crippen molar-refractivity contribution in [2.45, 2.75) is 57.7 Å². The number of benzene rings is 1. The molecule has 0 radical (unpaired) electrons. The van der Waals surface area contributed by atoms with Crippen LogP contribution in [0.2, 0.25) is 0 Å². The Morgan fingerprint density at radius 2 is 2.12 bits per heavy atom. The van der Waals surface area contributed by atoms with Crippen molar-refractivity contribution in [1.29, 1.82) is 0 Å². The Morgan fingerprint density at radius 1 is 1.33 bits per heavy atom. The van der Waals surface area contributed by atoms with Crippen molar-refractivity contribution in [1.82, 2.24) is 10.0 Å². The highest BCUT2D eigenvalue weighted by Crippen LogP contribution is 2.36. The minimum absolute atomic E-state index is 0.381. The summed E-state index contributed by atoms with van der Waals surface area (Å²) < 4.78 is 5.46. The normalized spacial score (nSPS) is 27.4. The summed E-state index contributed by atoms with van der Waals surface area (Å²) in [5, 5.41) is 9.21. The molecule has 2 aliphatic heterocycles. The summed E-state index contributed by atoms with van der Waals surface area (Å²) in [6, 6.07) is 10.7. The van der Waals surface area contributed by atoms with Gasteiger partial charge >= 0.3 is 0 Å². The van der Waals surface area contributed by atoms with Crippen LogP contribution in [0.15, 0.2) is 35.5 Å². The van der Waals surface area contributed by atoms with Gasteiger partial charge in [-0.05, 0) is 26.2 Å². The molecule has 1 fully saturated rings. The minimum atomic E-state index is -0.419. The Balaban J connectivity index is 1.91. The zero-order valence-electron chi connectivity index (χ0n) is 15.1. The van der Waals surface area contributed by atoms with Gasteiger partial charge in [0.25, 0.3) is 0 Å². The molecule has 0 bridgehead atoms. The fourth-order valence-electron chi connectivity index (χ4n) is 3.70. The predicted octanol–water partition coefficient (Wildman–Crippen LogP) is 3.61. The van der Waals surface area contributed by atoms with Crippen molar-refractivity contribution < 1.29 is 9.57 Å².